The highest BCUT2D eigenvalue weighted by atomic mass is 32.1. The number of aliphatic hydroxyl groups excluding tert-OH is 1. The Morgan fingerprint density at radius 2 is 0.875 bits per heavy atom. The molecule has 0 aromatic heterocycles. The summed E-state index contributed by atoms with van der Waals surface area (Å²) in [5, 5.41) is 11.9. The molecule has 0 aliphatic heterocycles. The van der Waals surface area contributed by atoms with E-state index in [1.165, 1.54) is 77.0 Å². The Labute approximate surface area is 152 Å². The molecule has 134 valence electrons. The molecule has 2 unspecified atom stereocenters. The lowest BCUT2D eigenvalue weighted by Gasteiger charge is -2.63. The molecule has 0 aromatic carbocycles. The lowest BCUT2D eigenvalue weighted by atomic mass is 9.44. The van der Waals surface area contributed by atoms with Crippen LogP contribution < -0.4 is 0 Å². The van der Waals surface area contributed by atoms with Crippen molar-refractivity contribution in [2.75, 3.05) is 0 Å². The quantitative estimate of drug-likeness (QED) is 0.683. The van der Waals surface area contributed by atoms with Gasteiger partial charge < -0.3 is 5.11 Å². The van der Waals surface area contributed by atoms with Crippen molar-refractivity contribution in [3.8, 4) is 0 Å². The molecule has 0 saturated heterocycles. The predicted octanol–water partition coefficient (Wildman–Crippen LogP) is 5.08. The Bertz CT molecular complexity index is 422. The van der Waals surface area contributed by atoms with E-state index in [9.17, 15) is 5.11 Å². The smallest absolute Gasteiger partial charge is 0.0718 e. The second-order valence-corrected chi connectivity index (χ2v) is 12.0. The normalized spacial score (nSPS) is 59.8. The van der Waals surface area contributed by atoms with E-state index in [4.69, 9.17) is 12.6 Å². The third-order valence-electron chi connectivity index (χ3n) is 9.73. The van der Waals surface area contributed by atoms with Gasteiger partial charge >= 0.3 is 0 Å². The first kappa shape index (κ1) is 15.4. The Morgan fingerprint density at radius 1 is 0.583 bits per heavy atom. The summed E-state index contributed by atoms with van der Waals surface area (Å²) in [7, 11) is 0. The van der Waals surface area contributed by atoms with E-state index >= 15 is 0 Å². The van der Waals surface area contributed by atoms with E-state index < -0.39 is 0 Å². The number of aliphatic hydroxyl groups is 1. The molecule has 0 aromatic rings. The van der Waals surface area contributed by atoms with Gasteiger partial charge in [-0.25, -0.2) is 0 Å². The van der Waals surface area contributed by atoms with Crippen LogP contribution in [0.3, 0.4) is 0 Å². The van der Waals surface area contributed by atoms with Gasteiger partial charge in [-0.05, 0) is 123 Å². The van der Waals surface area contributed by atoms with Crippen LogP contribution in [0.25, 0.3) is 0 Å². The highest BCUT2D eigenvalue weighted by Gasteiger charge is 2.60. The van der Waals surface area contributed by atoms with E-state index in [1.807, 2.05) is 0 Å². The van der Waals surface area contributed by atoms with Crippen LogP contribution in [0.15, 0.2) is 0 Å². The van der Waals surface area contributed by atoms with Gasteiger partial charge in [-0.2, -0.15) is 12.6 Å². The van der Waals surface area contributed by atoms with Crippen LogP contribution in [-0.4, -0.2) is 16.5 Å². The summed E-state index contributed by atoms with van der Waals surface area (Å²) in [6, 6.07) is 0. The van der Waals surface area contributed by atoms with Gasteiger partial charge in [-0.3, -0.25) is 0 Å². The SMILES string of the molecule is OC(C(S)C12CC3CC(CC(C3)C1)C2)C12CC3CC(CC(C3)C1)C2. The van der Waals surface area contributed by atoms with Crippen molar-refractivity contribution in [2.24, 2.45) is 46.3 Å². The zero-order valence-electron chi connectivity index (χ0n) is 15.0. The molecule has 0 radical (unpaired) electrons. The zero-order chi connectivity index (χ0) is 16.1. The molecule has 8 rings (SSSR count). The summed E-state index contributed by atoms with van der Waals surface area (Å²) in [5.41, 5.74) is 0.644. The van der Waals surface area contributed by atoms with Gasteiger partial charge in [-0.1, -0.05) is 0 Å². The molecule has 8 aliphatic rings. The molecule has 8 bridgehead atoms. The fourth-order valence-electron chi connectivity index (χ4n) is 9.75. The van der Waals surface area contributed by atoms with Gasteiger partial charge in [-0.15, -0.1) is 0 Å². The molecule has 24 heavy (non-hydrogen) atoms. The van der Waals surface area contributed by atoms with Gasteiger partial charge in [0.15, 0.2) is 0 Å². The number of hydrogen-bond acceptors (Lipinski definition) is 2. The van der Waals surface area contributed by atoms with Crippen molar-refractivity contribution in [1.29, 1.82) is 0 Å². The van der Waals surface area contributed by atoms with Crippen LogP contribution in [0.4, 0.5) is 0 Å². The molecule has 1 nitrogen and oxygen atoms in total. The Kier molecular flexibility index (Phi) is 3.18. The Morgan fingerprint density at radius 3 is 1.21 bits per heavy atom. The van der Waals surface area contributed by atoms with Crippen molar-refractivity contribution < 1.29 is 5.11 Å². The van der Waals surface area contributed by atoms with E-state index in [0.29, 0.717) is 5.41 Å². The van der Waals surface area contributed by atoms with Crippen molar-refractivity contribution in [3.05, 3.63) is 0 Å². The Hall–Kier alpha value is 0.310. The molecule has 0 heterocycles. The van der Waals surface area contributed by atoms with E-state index in [0.717, 1.165) is 35.5 Å². The maximum Gasteiger partial charge on any atom is 0.0718 e. The maximum atomic E-state index is 11.7. The number of thiol groups is 1. The largest absolute Gasteiger partial charge is 0.391 e. The minimum absolute atomic E-state index is 0.134. The second-order valence-electron chi connectivity index (χ2n) is 11.4. The molecule has 8 saturated carbocycles. The first-order valence-electron chi connectivity index (χ1n) is 10.9. The van der Waals surface area contributed by atoms with E-state index in [1.54, 1.807) is 0 Å². The summed E-state index contributed by atoms with van der Waals surface area (Å²) in [6.07, 6.45) is 16.9. The zero-order valence-corrected chi connectivity index (χ0v) is 15.9. The van der Waals surface area contributed by atoms with E-state index in [2.05, 4.69) is 0 Å². The molecule has 2 atom stereocenters. The fourth-order valence-corrected chi connectivity index (χ4v) is 10.4. The van der Waals surface area contributed by atoms with Crippen LogP contribution in [0.1, 0.15) is 77.0 Å². The fraction of sp³-hybridized carbons (Fsp3) is 1.00. The van der Waals surface area contributed by atoms with Crippen LogP contribution in [0.5, 0.6) is 0 Å². The molecular formula is C22H34OS. The average molecular weight is 347 g/mol. The van der Waals surface area contributed by atoms with Gasteiger partial charge in [0.1, 0.15) is 0 Å². The van der Waals surface area contributed by atoms with Gasteiger partial charge in [0.05, 0.1) is 6.10 Å². The molecule has 0 amide bonds. The van der Waals surface area contributed by atoms with Crippen molar-refractivity contribution >= 4 is 12.6 Å². The second kappa shape index (κ2) is 4.97. The van der Waals surface area contributed by atoms with Crippen LogP contribution in [0, 0.1) is 46.3 Å². The Balaban J connectivity index is 1.29. The average Bonchev–Trinajstić information content (AvgIpc) is 2.51. The molecule has 8 aliphatic carbocycles. The predicted molar refractivity (Wildman–Crippen MR) is 100.0 cm³/mol. The van der Waals surface area contributed by atoms with E-state index in [-0.39, 0.29) is 16.8 Å². The minimum Gasteiger partial charge on any atom is -0.391 e. The summed E-state index contributed by atoms with van der Waals surface area (Å²) in [5.74, 6) is 5.70. The lowest BCUT2D eigenvalue weighted by molar-refractivity contribution is -0.146. The van der Waals surface area contributed by atoms with Crippen LogP contribution in [-0.2, 0) is 0 Å². The third-order valence-corrected chi connectivity index (χ3v) is 10.6. The maximum absolute atomic E-state index is 11.7. The number of rotatable bonds is 3. The van der Waals surface area contributed by atoms with Crippen molar-refractivity contribution in [2.45, 2.75) is 88.4 Å². The molecule has 2 heteroatoms. The van der Waals surface area contributed by atoms with Gasteiger partial charge in [0.2, 0.25) is 0 Å². The molecular weight excluding hydrogens is 312 g/mol. The first-order valence-corrected chi connectivity index (χ1v) is 11.4. The monoisotopic (exact) mass is 346 g/mol. The third kappa shape index (κ3) is 2.05. The summed E-state index contributed by atoms with van der Waals surface area (Å²) < 4.78 is 0. The topological polar surface area (TPSA) is 20.2 Å². The lowest BCUT2D eigenvalue weighted by Crippen LogP contribution is -2.59. The van der Waals surface area contributed by atoms with Gasteiger partial charge in [0, 0.05) is 5.25 Å². The van der Waals surface area contributed by atoms with Gasteiger partial charge in [0.25, 0.3) is 0 Å². The minimum atomic E-state index is -0.134. The molecule has 8 fully saturated rings. The van der Waals surface area contributed by atoms with Crippen LogP contribution in [0.2, 0.25) is 0 Å². The van der Waals surface area contributed by atoms with Crippen molar-refractivity contribution in [3.63, 3.8) is 0 Å². The first-order chi connectivity index (χ1) is 11.5. The summed E-state index contributed by atoms with van der Waals surface area (Å²) >= 11 is 5.24. The highest BCUT2D eigenvalue weighted by Crippen LogP contribution is 2.66. The molecule has 0 spiro atoms. The van der Waals surface area contributed by atoms with Crippen LogP contribution >= 0.6 is 12.6 Å². The van der Waals surface area contributed by atoms with Crippen molar-refractivity contribution in [1.82, 2.24) is 0 Å². The standard InChI is InChI=1S/C22H34OS/c23-19(21-7-13-1-14(8-21)3-15(2-13)9-21)20(24)22-10-16-4-17(11-22)6-18(5-16)12-22/h13-20,23-24H,1-12H2. The summed E-state index contributed by atoms with van der Waals surface area (Å²) in [4.78, 5) is 0. The number of hydrogen-bond donors (Lipinski definition) is 2. The highest BCUT2D eigenvalue weighted by molar-refractivity contribution is 7.81. The molecule has 1 N–H and O–H groups in total. The summed E-state index contributed by atoms with van der Waals surface area (Å²) in [6.45, 7) is 0.